The van der Waals surface area contributed by atoms with Crippen LogP contribution in [0.2, 0.25) is 5.15 Å². The highest BCUT2D eigenvalue weighted by Crippen LogP contribution is 2.37. The maximum absolute atomic E-state index is 6.21. The van der Waals surface area contributed by atoms with Crippen molar-refractivity contribution in [2.45, 2.75) is 61.7 Å². The monoisotopic (exact) mass is 324 g/mol. The van der Waals surface area contributed by atoms with Gasteiger partial charge < -0.3 is 0 Å². The van der Waals surface area contributed by atoms with E-state index in [0.29, 0.717) is 11.2 Å². The lowest BCUT2D eigenvalue weighted by Crippen LogP contribution is -2.08. The van der Waals surface area contributed by atoms with Gasteiger partial charge in [-0.25, -0.2) is 14.6 Å². The van der Waals surface area contributed by atoms with Crippen LogP contribution < -0.4 is 0 Å². The van der Waals surface area contributed by atoms with E-state index >= 15 is 0 Å². The Morgan fingerprint density at radius 1 is 1.29 bits per heavy atom. The number of aromatic nitrogens is 6. The minimum absolute atomic E-state index is 0.247. The molecule has 0 atom stereocenters. The average molecular weight is 325 g/mol. The van der Waals surface area contributed by atoms with Crippen LogP contribution in [0.15, 0.2) is 16.5 Å². The van der Waals surface area contributed by atoms with Crippen LogP contribution in [0, 0.1) is 0 Å². The second-order valence-corrected chi connectivity index (χ2v) is 6.80. The molecule has 1 aliphatic carbocycles. The van der Waals surface area contributed by atoms with Crippen molar-refractivity contribution in [2.24, 2.45) is 0 Å². The molecule has 1 fully saturated rings. The number of halogens is 1. The van der Waals surface area contributed by atoms with Crippen LogP contribution in [-0.4, -0.2) is 30.2 Å². The summed E-state index contributed by atoms with van der Waals surface area (Å²) in [5, 5.41) is 14.2. The standard InChI is InChI=1S/C13H17ClN6S/c1-8(2)10-11(14)15-7-16-12(10)21-13-17-18-19-20(13)9-5-3-4-6-9/h7-9H,3-6H2,1-2H3. The van der Waals surface area contributed by atoms with Crippen molar-refractivity contribution < 1.29 is 0 Å². The first-order chi connectivity index (χ1) is 10.2. The number of hydrogen-bond donors (Lipinski definition) is 0. The van der Waals surface area contributed by atoms with Crippen molar-refractivity contribution in [1.82, 2.24) is 30.2 Å². The summed E-state index contributed by atoms with van der Waals surface area (Å²) in [5.41, 5.74) is 0.949. The van der Waals surface area contributed by atoms with Crippen LogP contribution >= 0.6 is 23.4 Å². The predicted octanol–water partition coefficient (Wildman–Crippen LogP) is 3.51. The summed E-state index contributed by atoms with van der Waals surface area (Å²) in [6, 6.07) is 0.405. The van der Waals surface area contributed by atoms with Gasteiger partial charge in [-0.3, -0.25) is 0 Å². The highest BCUT2D eigenvalue weighted by atomic mass is 35.5. The van der Waals surface area contributed by atoms with Gasteiger partial charge in [-0.15, -0.1) is 5.10 Å². The largest absolute Gasteiger partial charge is 0.229 e. The Morgan fingerprint density at radius 3 is 2.76 bits per heavy atom. The Labute approximate surface area is 132 Å². The molecule has 0 radical (unpaired) electrons. The fourth-order valence-electron chi connectivity index (χ4n) is 2.64. The Bertz CT molecular complexity index is 623. The minimum Gasteiger partial charge on any atom is -0.229 e. The van der Waals surface area contributed by atoms with Gasteiger partial charge >= 0.3 is 0 Å². The van der Waals surface area contributed by atoms with E-state index in [1.54, 1.807) is 0 Å². The first-order valence-electron chi connectivity index (χ1n) is 7.13. The van der Waals surface area contributed by atoms with E-state index in [4.69, 9.17) is 11.6 Å². The van der Waals surface area contributed by atoms with Crippen LogP contribution in [-0.2, 0) is 0 Å². The van der Waals surface area contributed by atoms with Gasteiger partial charge in [0.2, 0.25) is 5.16 Å². The number of hydrogen-bond acceptors (Lipinski definition) is 6. The summed E-state index contributed by atoms with van der Waals surface area (Å²) < 4.78 is 1.93. The fourth-order valence-corrected chi connectivity index (χ4v) is 4.12. The minimum atomic E-state index is 0.247. The molecule has 8 heteroatoms. The van der Waals surface area contributed by atoms with Crippen molar-refractivity contribution in [1.29, 1.82) is 0 Å². The van der Waals surface area contributed by atoms with Gasteiger partial charge in [-0.05, 0) is 40.9 Å². The van der Waals surface area contributed by atoms with Gasteiger partial charge in [-0.1, -0.05) is 38.3 Å². The lowest BCUT2D eigenvalue weighted by atomic mass is 10.1. The molecule has 0 unspecified atom stereocenters. The summed E-state index contributed by atoms with van der Waals surface area (Å²) in [6.07, 6.45) is 6.25. The molecule has 0 N–H and O–H groups in total. The van der Waals surface area contributed by atoms with Gasteiger partial charge in [0.25, 0.3) is 0 Å². The summed E-state index contributed by atoms with van der Waals surface area (Å²) in [5.74, 6) is 0.247. The first-order valence-corrected chi connectivity index (χ1v) is 8.32. The van der Waals surface area contributed by atoms with Crippen LogP contribution in [0.1, 0.15) is 57.1 Å². The first kappa shape index (κ1) is 14.7. The maximum atomic E-state index is 6.21. The third-order valence-electron chi connectivity index (χ3n) is 3.70. The molecule has 21 heavy (non-hydrogen) atoms. The Hall–Kier alpha value is -1.21. The zero-order valence-electron chi connectivity index (χ0n) is 12.0. The molecule has 0 aliphatic heterocycles. The van der Waals surface area contributed by atoms with Crippen molar-refractivity contribution in [3.05, 3.63) is 17.0 Å². The Balaban J connectivity index is 1.91. The highest BCUT2D eigenvalue weighted by Gasteiger charge is 2.23. The molecule has 3 rings (SSSR count). The van der Waals surface area contributed by atoms with Crippen LogP contribution in [0.5, 0.6) is 0 Å². The molecule has 1 saturated carbocycles. The molecule has 0 amide bonds. The molecular formula is C13H17ClN6S. The molecular weight excluding hydrogens is 308 g/mol. The van der Waals surface area contributed by atoms with Crippen LogP contribution in [0.25, 0.3) is 0 Å². The van der Waals surface area contributed by atoms with E-state index in [1.165, 1.54) is 30.9 Å². The molecule has 0 saturated heterocycles. The molecule has 1 aliphatic rings. The fraction of sp³-hybridized carbons (Fsp3) is 0.615. The molecule has 112 valence electrons. The Morgan fingerprint density at radius 2 is 2.05 bits per heavy atom. The predicted molar refractivity (Wildman–Crippen MR) is 80.6 cm³/mol. The van der Waals surface area contributed by atoms with E-state index in [2.05, 4.69) is 39.3 Å². The highest BCUT2D eigenvalue weighted by molar-refractivity contribution is 7.99. The van der Waals surface area contributed by atoms with Crippen molar-refractivity contribution in [2.75, 3.05) is 0 Å². The normalized spacial score (nSPS) is 16.0. The number of tetrazole rings is 1. The second-order valence-electron chi connectivity index (χ2n) is 5.48. The third kappa shape index (κ3) is 3.03. The summed E-state index contributed by atoms with van der Waals surface area (Å²) in [7, 11) is 0. The van der Waals surface area contributed by atoms with E-state index < -0.39 is 0 Å². The summed E-state index contributed by atoms with van der Waals surface area (Å²) >= 11 is 7.68. The summed E-state index contributed by atoms with van der Waals surface area (Å²) in [6.45, 7) is 4.16. The van der Waals surface area contributed by atoms with Crippen LogP contribution in [0.4, 0.5) is 0 Å². The van der Waals surface area contributed by atoms with Crippen molar-refractivity contribution in [3.8, 4) is 0 Å². The zero-order chi connectivity index (χ0) is 14.8. The van der Waals surface area contributed by atoms with Crippen LogP contribution in [0.3, 0.4) is 0 Å². The second kappa shape index (κ2) is 6.27. The summed E-state index contributed by atoms with van der Waals surface area (Å²) in [4.78, 5) is 8.43. The molecule has 2 aromatic heterocycles. The average Bonchev–Trinajstić information content (AvgIpc) is 3.08. The molecule has 6 nitrogen and oxygen atoms in total. The van der Waals surface area contributed by atoms with E-state index in [9.17, 15) is 0 Å². The van der Waals surface area contributed by atoms with E-state index in [-0.39, 0.29) is 5.92 Å². The third-order valence-corrected chi connectivity index (χ3v) is 4.97. The lowest BCUT2D eigenvalue weighted by molar-refractivity contribution is 0.423. The smallest absolute Gasteiger partial charge is 0.215 e. The van der Waals surface area contributed by atoms with Crippen molar-refractivity contribution >= 4 is 23.4 Å². The molecule has 2 heterocycles. The molecule has 0 spiro atoms. The van der Waals surface area contributed by atoms with Gasteiger partial charge in [0.15, 0.2) is 0 Å². The van der Waals surface area contributed by atoms with Gasteiger partial charge in [-0.2, -0.15) is 0 Å². The zero-order valence-corrected chi connectivity index (χ0v) is 13.6. The van der Waals surface area contributed by atoms with Gasteiger partial charge in [0, 0.05) is 5.56 Å². The molecule has 2 aromatic rings. The van der Waals surface area contributed by atoms with Gasteiger partial charge in [0.1, 0.15) is 16.5 Å². The lowest BCUT2D eigenvalue weighted by Gasteiger charge is -2.13. The number of rotatable bonds is 4. The van der Waals surface area contributed by atoms with Gasteiger partial charge in [0.05, 0.1) is 6.04 Å². The topological polar surface area (TPSA) is 69.4 Å². The van der Waals surface area contributed by atoms with Crippen molar-refractivity contribution in [3.63, 3.8) is 0 Å². The Kier molecular flexibility index (Phi) is 4.40. The number of nitrogens with zero attached hydrogens (tertiary/aromatic N) is 6. The van der Waals surface area contributed by atoms with E-state index in [1.807, 2.05) is 4.68 Å². The quantitative estimate of drug-likeness (QED) is 0.802. The maximum Gasteiger partial charge on any atom is 0.215 e. The van der Waals surface area contributed by atoms with E-state index in [0.717, 1.165) is 28.6 Å². The molecule has 0 aromatic carbocycles. The molecule has 0 bridgehead atoms. The SMILES string of the molecule is CC(C)c1c(Cl)ncnc1Sc1nnnn1C1CCCC1.